The largest absolute Gasteiger partial charge is 0.478 e. The number of aromatic carboxylic acids is 1. The van der Waals surface area contributed by atoms with Crippen LogP contribution in [0.2, 0.25) is 0 Å². The van der Waals surface area contributed by atoms with Crippen molar-refractivity contribution in [1.29, 1.82) is 0 Å². The van der Waals surface area contributed by atoms with Gasteiger partial charge in [-0.25, -0.2) is 9.78 Å². The van der Waals surface area contributed by atoms with E-state index in [0.717, 1.165) is 5.69 Å². The first kappa shape index (κ1) is 16.4. The Morgan fingerprint density at radius 1 is 1.30 bits per heavy atom. The van der Waals surface area contributed by atoms with Gasteiger partial charge < -0.3 is 15.1 Å². The Morgan fingerprint density at radius 3 is 2.40 bits per heavy atom. The maximum atomic E-state index is 11.2. The molecule has 0 spiro atoms. The first-order valence-electron chi connectivity index (χ1n) is 6.99. The zero-order chi connectivity index (χ0) is 15.3. The van der Waals surface area contributed by atoms with Crippen LogP contribution in [-0.2, 0) is 0 Å². The number of anilines is 1. The fourth-order valence-electron chi connectivity index (χ4n) is 1.98. The van der Waals surface area contributed by atoms with Gasteiger partial charge in [0.25, 0.3) is 0 Å². The van der Waals surface area contributed by atoms with Gasteiger partial charge in [0.2, 0.25) is 0 Å². The molecule has 0 atom stereocenters. The number of pyridine rings is 1. The number of aliphatic hydroxyl groups is 1. The smallest absolute Gasteiger partial charge is 0.335 e. The summed E-state index contributed by atoms with van der Waals surface area (Å²) in [4.78, 5) is 17.8. The van der Waals surface area contributed by atoms with E-state index in [1.54, 1.807) is 12.1 Å². The summed E-state index contributed by atoms with van der Waals surface area (Å²) in [5.74, 6) is -0.113. The van der Waals surface area contributed by atoms with Gasteiger partial charge in [0.05, 0.1) is 5.56 Å². The quantitative estimate of drug-likeness (QED) is 0.802. The average molecular weight is 280 g/mol. The third-order valence-electron chi connectivity index (χ3n) is 3.14. The highest BCUT2D eigenvalue weighted by Crippen LogP contribution is 2.22. The van der Waals surface area contributed by atoms with Crippen molar-refractivity contribution in [3.63, 3.8) is 0 Å². The monoisotopic (exact) mass is 280 g/mol. The van der Waals surface area contributed by atoms with Crippen molar-refractivity contribution < 1.29 is 15.0 Å². The van der Waals surface area contributed by atoms with Crippen LogP contribution in [-0.4, -0.2) is 40.4 Å². The summed E-state index contributed by atoms with van der Waals surface area (Å²) in [5.41, 5.74) is 1.03. The summed E-state index contributed by atoms with van der Waals surface area (Å²) >= 11 is 0. The Kier molecular flexibility index (Phi) is 5.95. The minimum atomic E-state index is -0.943. The van der Waals surface area contributed by atoms with Crippen molar-refractivity contribution >= 4 is 11.8 Å². The van der Waals surface area contributed by atoms with Crippen LogP contribution in [0.1, 0.15) is 56.1 Å². The fourth-order valence-corrected chi connectivity index (χ4v) is 1.98. The number of carboxylic acid groups (broad SMARTS) is 1. The summed E-state index contributed by atoms with van der Waals surface area (Å²) in [5, 5.41) is 18.2. The van der Waals surface area contributed by atoms with Gasteiger partial charge in [-0.1, -0.05) is 13.8 Å². The maximum Gasteiger partial charge on any atom is 0.335 e. The van der Waals surface area contributed by atoms with Crippen LogP contribution in [0.25, 0.3) is 0 Å². The van der Waals surface area contributed by atoms with Gasteiger partial charge in [-0.05, 0) is 38.3 Å². The van der Waals surface area contributed by atoms with Crippen LogP contribution in [0.3, 0.4) is 0 Å². The van der Waals surface area contributed by atoms with Gasteiger partial charge in [-0.2, -0.15) is 0 Å². The first-order chi connectivity index (χ1) is 9.36. The van der Waals surface area contributed by atoms with E-state index in [0.29, 0.717) is 18.8 Å². The van der Waals surface area contributed by atoms with Crippen LogP contribution < -0.4 is 4.90 Å². The van der Waals surface area contributed by atoms with Gasteiger partial charge in [-0.3, -0.25) is 0 Å². The van der Waals surface area contributed by atoms with E-state index in [9.17, 15) is 9.90 Å². The molecule has 20 heavy (non-hydrogen) atoms. The lowest BCUT2D eigenvalue weighted by molar-refractivity contribution is 0.0696. The summed E-state index contributed by atoms with van der Waals surface area (Å²) < 4.78 is 0. The maximum absolute atomic E-state index is 11.2. The minimum absolute atomic E-state index is 0.110. The normalized spacial score (nSPS) is 11.2. The molecule has 0 amide bonds. The van der Waals surface area contributed by atoms with Crippen LogP contribution >= 0.6 is 0 Å². The minimum Gasteiger partial charge on any atom is -0.478 e. The fraction of sp³-hybridized carbons (Fsp3) is 0.600. The van der Waals surface area contributed by atoms with E-state index in [1.165, 1.54) is 0 Å². The van der Waals surface area contributed by atoms with Gasteiger partial charge in [0, 0.05) is 24.9 Å². The average Bonchev–Trinajstić information content (AvgIpc) is 2.38. The molecule has 1 rings (SSSR count). The lowest BCUT2D eigenvalue weighted by atomic mass is 10.1. The molecule has 1 aromatic heterocycles. The summed E-state index contributed by atoms with van der Waals surface area (Å²) in [6, 6.07) is 3.42. The van der Waals surface area contributed by atoms with E-state index in [2.05, 4.69) is 4.98 Å². The molecule has 1 aromatic rings. The third kappa shape index (κ3) is 4.20. The SMILES string of the molecule is CC(C)c1cc(C(=O)O)cc(N(CCCO)C(C)C)n1. The van der Waals surface area contributed by atoms with Gasteiger partial charge in [-0.15, -0.1) is 0 Å². The number of rotatable bonds is 7. The molecule has 0 aliphatic rings. The molecule has 0 saturated carbocycles. The summed E-state index contributed by atoms with van der Waals surface area (Å²) in [7, 11) is 0. The van der Waals surface area contributed by atoms with E-state index in [-0.39, 0.29) is 24.1 Å². The third-order valence-corrected chi connectivity index (χ3v) is 3.14. The van der Waals surface area contributed by atoms with Crippen LogP contribution in [0, 0.1) is 0 Å². The lowest BCUT2D eigenvalue weighted by Crippen LogP contribution is -2.33. The molecule has 0 aliphatic carbocycles. The second kappa shape index (κ2) is 7.24. The number of hydrogen-bond donors (Lipinski definition) is 2. The Labute approximate surface area is 120 Å². The molecule has 0 aliphatic heterocycles. The van der Waals surface area contributed by atoms with Crippen LogP contribution in [0.4, 0.5) is 5.82 Å². The predicted molar refractivity (Wildman–Crippen MR) is 79.5 cm³/mol. The Balaban J connectivity index is 3.21. The molecule has 0 bridgehead atoms. The molecular formula is C15H24N2O3. The van der Waals surface area contributed by atoms with E-state index < -0.39 is 5.97 Å². The molecule has 0 fully saturated rings. The number of aromatic nitrogens is 1. The number of aliphatic hydroxyl groups excluding tert-OH is 1. The molecular weight excluding hydrogens is 256 g/mol. The summed E-state index contributed by atoms with van der Waals surface area (Å²) in [6.45, 7) is 8.81. The standard InChI is InChI=1S/C15H24N2O3/c1-10(2)13-8-12(15(19)20)9-14(16-13)17(11(3)4)6-5-7-18/h8-11,18H,5-7H2,1-4H3,(H,19,20). The molecule has 0 saturated heterocycles. The van der Waals surface area contributed by atoms with Crippen molar-refractivity contribution in [2.24, 2.45) is 0 Å². The molecule has 5 heteroatoms. The summed E-state index contributed by atoms with van der Waals surface area (Å²) in [6.07, 6.45) is 0.633. The lowest BCUT2D eigenvalue weighted by Gasteiger charge is -2.28. The number of nitrogens with zero attached hydrogens (tertiary/aromatic N) is 2. The molecule has 0 aromatic carbocycles. The van der Waals surface area contributed by atoms with Crippen molar-refractivity contribution in [3.05, 3.63) is 23.4 Å². The van der Waals surface area contributed by atoms with Gasteiger partial charge >= 0.3 is 5.97 Å². The second-order valence-electron chi connectivity index (χ2n) is 5.46. The first-order valence-corrected chi connectivity index (χ1v) is 6.99. The number of carbonyl (C=O) groups is 1. The highest BCUT2D eigenvalue weighted by atomic mass is 16.4. The molecule has 5 nitrogen and oxygen atoms in total. The topological polar surface area (TPSA) is 73.7 Å². The highest BCUT2D eigenvalue weighted by molar-refractivity contribution is 5.88. The zero-order valence-electron chi connectivity index (χ0n) is 12.6. The van der Waals surface area contributed by atoms with Crippen molar-refractivity contribution in [2.75, 3.05) is 18.1 Å². The van der Waals surface area contributed by atoms with Crippen molar-refractivity contribution in [3.8, 4) is 0 Å². The number of carboxylic acids is 1. The van der Waals surface area contributed by atoms with Crippen molar-refractivity contribution in [2.45, 2.75) is 46.1 Å². The van der Waals surface area contributed by atoms with E-state index >= 15 is 0 Å². The molecule has 0 radical (unpaired) electrons. The molecule has 1 heterocycles. The zero-order valence-corrected chi connectivity index (χ0v) is 12.6. The molecule has 0 unspecified atom stereocenters. The number of hydrogen-bond acceptors (Lipinski definition) is 4. The second-order valence-corrected chi connectivity index (χ2v) is 5.46. The van der Waals surface area contributed by atoms with Crippen LogP contribution in [0.5, 0.6) is 0 Å². The predicted octanol–water partition coefficient (Wildman–Crippen LogP) is 2.50. The van der Waals surface area contributed by atoms with Gasteiger partial charge in [0.15, 0.2) is 0 Å². The Hall–Kier alpha value is -1.62. The van der Waals surface area contributed by atoms with E-state index in [4.69, 9.17) is 5.11 Å². The van der Waals surface area contributed by atoms with Crippen LogP contribution in [0.15, 0.2) is 12.1 Å². The van der Waals surface area contributed by atoms with E-state index in [1.807, 2.05) is 32.6 Å². The highest BCUT2D eigenvalue weighted by Gasteiger charge is 2.17. The molecule has 2 N–H and O–H groups in total. The van der Waals surface area contributed by atoms with Gasteiger partial charge in [0.1, 0.15) is 5.82 Å². The molecule has 112 valence electrons. The van der Waals surface area contributed by atoms with Crippen molar-refractivity contribution in [1.82, 2.24) is 4.98 Å². The Morgan fingerprint density at radius 2 is 1.95 bits per heavy atom. The Bertz CT molecular complexity index is 458.